The summed E-state index contributed by atoms with van der Waals surface area (Å²) in [6, 6.07) is 5.25. The predicted molar refractivity (Wildman–Crippen MR) is 110 cm³/mol. The molecule has 1 aromatic carbocycles. The third kappa shape index (κ3) is 3.68. The first kappa shape index (κ1) is 19.8. The van der Waals surface area contributed by atoms with Gasteiger partial charge in [-0.15, -0.1) is 0 Å². The molecule has 0 unspecified atom stereocenters. The van der Waals surface area contributed by atoms with E-state index in [9.17, 15) is 0 Å². The van der Waals surface area contributed by atoms with Gasteiger partial charge < -0.3 is 0 Å². The Morgan fingerprint density at radius 3 is 1.52 bits per heavy atom. The average Bonchev–Trinajstić information content (AvgIpc) is 2.80. The SMILES string of the molecule is Cc1nn(C(C)C)c(C)c1-c1c(C(C)C)cc(C(C)C)cc1C(C)C. The van der Waals surface area contributed by atoms with E-state index in [2.05, 4.69) is 86.1 Å². The lowest BCUT2D eigenvalue weighted by atomic mass is 9.81. The van der Waals surface area contributed by atoms with E-state index in [-0.39, 0.29) is 0 Å². The Morgan fingerprint density at radius 1 is 0.720 bits per heavy atom. The summed E-state index contributed by atoms with van der Waals surface area (Å²) in [6.45, 7) is 22.6. The maximum absolute atomic E-state index is 4.86. The normalized spacial score (nSPS) is 12.2. The van der Waals surface area contributed by atoms with E-state index in [1.165, 1.54) is 33.5 Å². The highest BCUT2D eigenvalue weighted by Crippen LogP contribution is 2.41. The maximum Gasteiger partial charge on any atom is 0.0675 e. The Balaban J connectivity index is 2.89. The number of hydrogen-bond acceptors (Lipinski definition) is 1. The van der Waals surface area contributed by atoms with Crippen molar-refractivity contribution in [2.45, 2.75) is 93.0 Å². The molecule has 25 heavy (non-hydrogen) atoms. The zero-order chi connectivity index (χ0) is 19.0. The third-order valence-electron chi connectivity index (χ3n) is 5.20. The van der Waals surface area contributed by atoms with Crippen LogP contribution in [0.1, 0.15) is 107 Å². The van der Waals surface area contributed by atoms with Gasteiger partial charge >= 0.3 is 0 Å². The van der Waals surface area contributed by atoms with Crippen LogP contribution in [0, 0.1) is 13.8 Å². The van der Waals surface area contributed by atoms with Crippen molar-refractivity contribution in [3.8, 4) is 11.1 Å². The highest BCUT2D eigenvalue weighted by molar-refractivity contribution is 5.77. The van der Waals surface area contributed by atoms with Crippen LogP contribution in [0.3, 0.4) is 0 Å². The molecule has 2 rings (SSSR count). The molecule has 0 amide bonds. The molecule has 0 aliphatic rings. The molecule has 0 radical (unpaired) electrons. The predicted octanol–water partition coefficient (Wildman–Crippen LogP) is 7.12. The zero-order valence-corrected chi connectivity index (χ0v) is 17.9. The molecule has 2 aromatic rings. The van der Waals surface area contributed by atoms with E-state index in [0.29, 0.717) is 23.8 Å². The van der Waals surface area contributed by atoms with E-state index in [4.69, 9.17) is 5.10 Å². The second kappa shape index (κ2) is 7.35. The van der Waals surface area contributed by atoms with Gasteiger partial charge in [0.25, 0.3) is 0 Å². The van der Waals surface area contributed by atoms with Crippen molar-refractivity contribution >= 4 is 0 Å². The van der Waals surface area contributed by atoms with Crippen LogP contribution in [0.4, 0.5) is 0 Å². The average molecular weight is 341 g/mol. The molecule has 138 valence electrons. The number of benzene rings is 1. The maximum atomic E-state index is 4.86. The van der Waals surface area contributed by atoms with Crippen molar-refractivity contribution in [3.05, 3.63) is 40.2 Å². The summed E-state index contributed by atoms with van der Waals surface area (Å²) in [5.74, 6) is 1.53. The van der Waals surface area contributed by atoms with Crippen molar-refractivity contribution in [1.29, 1.82) is 0 Å². The van der Waals surface area contributed by atoms with Crippen LogP contribution in [0.2, 0.25) is 0 Å². The lowest BCUT2D eigenvalue weighted by Crippen LogP contribution is -2.06. The van der Waals surface area contributed by atoms with Gasteiger partial charge in [-0.1, -0.05) is 53.7 Å². The minimum atomic E-state index is 0.382. The second-order valence-electron chi connectivity index (χ2n) is 8.62. The molecule has 0 fully saturated rings. The van der Waals surface area contributed by atoms with Gasteiger partial charge in [-0.3, -0.25) is 4.68 Å². The number of rotatable bonds is 5. The van der Waals surface area contributed by atoms with Gasteiger partial charge in [-0.25, -0.2) is 0 Å². The molecule has 0 spiro atoms. The molecule has 2 nitrogen and oxygen atoms in total. The largest absolute Gasteiger partial charge is 0.266 e. The minimum absolute atomic E-state index is 0.382. The van der Waals surface area contributed by atoms with Gasteiger partial charge in [0, 0.05) is 17.3 Å². The molecule has 0 aliphatic heterocycles. The van der Waals surface area contributed by atoms with Crippen LogP contribution in [0.5, 0.6) is 0 Å². The number of nitrogens with zero attached hydrogens (tertiary/aromatic N) is 2. The van der Waals surface area contributed by atoms with Crippen LogP contribution >= 0.6 is 0 Å². The first-order valence-electron chi connectivity index (χ1n) is 9.79. The molecule has 2 heteroatoms. The zero-order valence-electron chi connectivity index (χ0n) is 17.9. The molecular formula is C23H36N2. The molecule has 0 atom stereocenters. The summed E-state index contributed by atoms with van der Waals surface area (Å²) in [7, 11) is 0. The van der Waals surface area contributed by atoms with Crippen molar-refractivity contribution in [3.63, 3.8) is 0 Å². The standard InChI is InChI=1S/C23H36N2/c1-13(2)19-11-20(14(3)4)23(21(12-19)15(5)6)22-17(9)24-25(16(7)8)18(22)10/h11-16H,1-10H3. The molecule has 0 bridgehead atoms. The smallest absolute Gasteiger partial charge is 0.0675 e. The number of aromatic nitrogens is 2. The third-order valence-corrected chi connectivity index (χ3v) is 5.20. The Kier molecular flexibility index (Phi) is 5.81. The Labute approximate surface area is 154 Å². The van der Waals surface area contributed by atoms with E-state index in [1.54, 1.807) is 0 Å². The first-order chi connectivity index (χ1) is 11.6. The quantitative estimate of drug-likeness (QED) is 0.566. The highest BCUT2D eigenvalue weighted by Gasteiger charge is 2.24. The summed E-state index contributed by atoms with van der Waals surface area (Å²) in [5, 5.41) is 4.86. The van der Waals surface area contributed by atoms with E-state index < -0.39 is 0 Å². The highest BCUT2D eigenvalue weighted by atomic mass is 15.3. The monoisotopic (exact) mass is 340 g/mol. The van der Waals surface area contributed by atoms with Crippen molar-refractivity contribution in [2.75, 3.05) is 0 Å². The Morgan fingerprint density at radius 2 is 1.20 bits per heavy atom. The Hall–Kier alpha value is -1.57. The van der Waals surface area contributed by atoms with Gasteiger partial charge in [-0.2, -0.15) is 5.10 Å². The summed E-state index contributed by atoms with van der Waals surface area (Å²) in [6.07, 6.45) is 0. The van der Waals surface area contributed by atoms with Crippen LogP contribution in [-0.4, -0.2) is 9.78 Å². The summed E-state index contributed by atoms with van der Waals surface area (Å²) in [4.78, 5) is 0. The molecule has 0 N–H and O–H groups in total. The summed E-state index contributed by atoms with van der Waals surface area (Å²) in [5.41, 5.74) is 9.57. The van der Waals surface area contributed by atoms with Crippen LogP contribution in [0.15, 0.2) is 12.1 Å². The van der Waals surface area contributed by atoms with Crippen LogP contribution in [-0.2, 0) is 0 Å². The fourth-order valence-corrected chi connectivity index (χ4v) is 3.77. The fraction of sp³-hybridized carbons (Fsp3) is 0.609. The van der Waals surface area contributed by atoms with Crippen molar-refractivity contribution in [1.82, 2.24) is 9.78 Å². The molecular weight excluding hydrogens is 304 g/mol. The molecule has 0 saturated carbocycles. The summed E-state index contributed by atoms with van der Waals surface area (Å²) >= 11 is 0. The van der Waals surface area contributed by atoms with E-state index in [0.717, 1.165) is 5.69 Å². The van der Waals surface area contributed by atoms with Gasteiger partial charge in [0.05, 0.1) is 5.69 Å². The topological polar surface area (TPSA) is 17.8 Å². The lowest BCUT2D eigenvalue weighted by Gasteiger charge is -2.23. The molecule has 0 saturated heterocycles. The minimum Gasteiger partial charge on any atom is -0.266 e. The number of aryl methyl sites for hydroxylation is 1. The molecule has 0 aliphatic carbocycles. The summed E-state index contributed by atoms with van der Waals surface area (Å²) < 4.78 is 2.18. The van der Waals surface area contributed by atoms with Gasteiger partial charge in [-0.05, 0) is 67.7 Å². The molecule has 1 aromatic heterocycles. The molecule has 1 heterocycles. The van der Waals surface area contributed by atoms with E-state index in [1.807, 2.05) is 0 Å². The van der Waals surface area contributed by atoms with Crippen molar-refractivity contribution in [2.24, 2.45) is 0 Å². The van der Waals surface area contributed by atoms with Gasteiger partial charge in [0.1, 0.15) is 0 Å². The van der Waals surface area contributed by atoms with E-state index >= 15 is 0 Å². The van der Waals surface area contributed by atoms with Crippen LogP contribution in [0.25, 0.3) is 11.1 Å². The first-order valence-corrected chi connectivity index (χ1v) is 9.79. The number of hydrogen-bond donors (Lipinski definition) is 0. The van der Waals surface area contributed by atoms with Crippen LogP contribution < -0.4 is 0 Å². The van der Waals surface area contributed by atoms with Gasteiger partial charge in [0.15, 0.2) is 0 Å². The fourth-order valence-electron chi connectivity index (χ4n) is 3.77. The van der Waals surface area contributed by atoms with Crippen molar-refractivity contribution < 1.29 is 0 Å². The lowest BCUT2D eigenvalue weighted by molar-refractivity contribution is 0.516. The Bertz CT molecular complexity index is 717. The van der Waals surface area contributed by atoms with Gasteiger partial charge in [0.2, 0.25) is 0 Å². The second-order valence-corrected chi connectivity index (χ2v) is 8.62.